The lowest BCUT2D eigenvalue weighted by Gasteiger charge is -2.31. The number of anilines is 1. The van der Waals surface area contributed by atoms with Crippen molar-refractivity contribution in [1.29, 1.82) is 5.26 Å². The van der Waals surface area contributed by atoms with E-state index in [-0.39, 0.29) is 28.7 Å². The maximum absolute atomic E-state index is 13.8. The van der Waals surface area contributed by atoms with Gasteiger partial charge in [-0.2, -0.15) is 5.26 Å². The molecule has 1 aromatic heterocycles. The SMILES string of the molecule is N#Cc1cc2cc(F)c(F)cc2nc1N[C@H](C(=O)c1ccc2ccccc2c1)C1CCCCN1. The molecule has 170 valence electrons. The minimum absolute atomic E-state index is 0.124. The molecule has 2 heterocycles. The zero-order chi connectivity index (χ0) is 23.7. The van der Waals surface area contributed by atoms with E-state index in [2.05, 4.69) is 21.7 Å². The van der Waals surface area contributed by atoms with Crippen LogP contribution in [0.4, 0.5) is 14.6 Å². The molecule has 0 saturated carbocycles. The number of carbonyl (C=O) groups is 1. The largest absolute Gasteiger partial charge is 0.357 e. The van der Waals surface area contributed by atoms with Gasteiger partial charge < -0.3 is 10.6 Å². The van der Waals surface area contributed by atoms with Crippen molar-refractivity contribution in [3.8, 4) is 6.07 Å². The summed E-state index contributed by atoms with van der Waals surface area (Å²) < 4.78 is 27.5. The Balaban J connectivity index is 1.56. The van der Waals surface area contributed by atoms with Gasteiger partial charge in [0.15, 0.2) is 17.4 Å². The molecule has 5 nitrogen and oxygen atoms in total. The second-order valence-electron chi connectivity index (χ2n) is 8.56. The molecule has 3 aromatic carbocycles. The fraction of sp³-hybridized carbons (Fsp3) is 0.222. The maximum atomic E-state index is 13.8. The average Bonchev–Trinajstić information content (AvgIpc) is 2.87. The molecule has 0 radical (unpaired) electrons. The highest BCUT2D eigenvalue weighted by Crippen LogP contribution is 2.26. The number of rotatable bonds is 5. The molecule has 2 N–H and O–H groups in total. The summed E-state index contributed by atoms with van der Waals surface area (Å²) >= 11 is 0. The van der Waals surface area contributed by atoms with Crippen LogP contribution in [-0.4, -0.2) is 29.4 Å². The van der Waals surface area contributed by atoms with Crippen molar-refractivity contribution >= 4 is 33.3 Å². The number of carbonyl (C=O) groups excluding carboxylic acids is 1. The number of nitrogens with one attached hydrogen (secondary N) is 2. The Hall–Kier alpha value is -3.89. The summed E-state index contributed by atoms with van der Waals surface area (Å²) in [6, 6.07) is 18.1. The van der Waals surface area contributed by atoms with Crippen LogP contribution in [0, 0.1) is 23.0 Å². The molecule has 0 bridgehead atoms. The van der Waals surface area contributed by atoms with Crippen molar-refractivity contribution < 1.29 is 13.6 Å². The summed E-state index contributed by atoms with van der Waals surface area (Å²) in [7, 11) is 0. The summed E-state index contributed by atoms with van der Waals surface area (Å²) in [5.41, 5.74) is 0.913. The van der Waals surface area contributed by atoms with Crippen LogP contribution in [0.25, 0.3) is 21.7 Å². The molecule has 0 aliphatic carbocycles. The van der Waals surface area contributed by atoms with Crippen LogP contribution >= 0.6 is 0 Å². The van der Waals surface area contributed by atoms with Crippen molar-refractivity contribution in [3.05, 3.63) is 83.4 Å². The van der Waals surface area contributed by atoms with Crippen LogP contribution in [-0.2, 0) is 0 Å². The highest BCUT2D eigenvalue weighted by atomic mass is 19.2. The molecule has 1 saturated heterocycles. The summed E-state index contributed by atoms with van der Waals surface area (Å²) in [6.45, 7) is 0.786. The van der Waals surface area contributed by atoms with Crippen molar-refractivity contribution in [2.75, 3.05) is 11.9 Å². The van der Waals surface area contributed by atoms with E-state index in [0.29, 0.717) is 10.9 Å². The minimum atomic E-state index is -1.02. The number of fused-ring (bicyclic) bond motifs is 2. The first kappa shape index (κ1) is 21.9. The molecule has 34 heavy (non-hydrogen) atoms. The Kier molecular flexibility index (Phi) is 5.91. The fourth-order valence-corrected chi connectivity index (χ4v) is 4.55. The molecule has 0 amide bonds. The molecule has 1 aliphatic heterocycles. The van der Waals surface area contributed by atoms with Gasteiger partial charge >= 0.3 is 0 Å². The lowest BCUT2D eigenvalue weighted by molar-refractivity contribution is 0.0946. The van der Waals surface area contributed by atoms with Gasteiger partial charge in [0.1, 0.15) is 17.9 Å². The number of pyridine rings is 1. The molecule has 0 spiro atoms. The topological polar surface area (TPSA) is 77.8 Å². The van der Waals surface area contributed by atoms with Gasteiger partial charge in [-0.05, 0) is 48.4 Å². The molecule has 5 rings (SSSR count). The predicted octanol–water partition coefficient (Wildman–Crippen LogP) is 5.34. The summed E-state index contributed by atoms with van der Waals surface area (Å²) in [5, 5.41) is 18.6. The van der Waals surface area contributed by atoms with Crippen LogP contribution in [0.3, 0.4) is 0 Å². The third-order valence-electron chi connectivity index (χ3n) is 6.34. The lowest BCUT2D eigenvalue weighted by Crippen LogP contribution is -2.51. The molecule has 2 atom stereocenters. The smallest absolute Gasteiger partial charge is 0.186 e. The van der Waals surface area contributed by atoms with Crippen molar-refractivity contribution in [2.24, 2.45) is 0 Å². The average molecular weight is 456 g/mol. The number of piperidine rings is 1. The molecule has 7 heteroatoms. The van der Waals surface area contributed by atoms with Gasteiger partial charge in [0.25, 0.3) is 0 Å². The van der Waals surface area contributed by atoms with Crippen LogP contribution in [0.5, 0.6) is 0 Å². The molecule has 1 unspecified atom stereocenters. The van der Waals surface area contributed by atoms with Gasteiger partial charge in [0.05, 0.1) is 11.1 Å². The maximum Gasteiger partial charge on any atom is 0.186 e. The third kappa shape index (κ3) is 4.20. The predicted molar refractivity (Wildman–Crippen MR) is 128 cm³/mol. The number of nitriles is 1. The van der Waals surface area contributed by atoms with Gasteiger partial charge in [-0.15, -0.1) is 0 Å². The summed E-state index contributed by atoms with van der Waals surface area (Å²) in [5.74, 6) is -1.98. The molecule has 4 aromatic rings. The van der Waals surface area contributed by atoms with E-state index in [4.69, 9.17) is 0 Å². The third-order valence-corrected chi connectivity index (χ3v) is 6.34. The number of hydrogen-bond acceptors (Lipinski definition) is 5. The Labute approximate surface area is 195 Å². The Bertz CT molecular complexity index is 1440. The normalized spacial score (nSPS) is 16.8. The van der Waals surface area contributed by atoms with E-state index in [9.17, 15) is 18.8 Å². The summed E-state index contributed by atoms with van der Waals surface area (Å²) in [4.78, 5) is 18.1. The number of aromatic nitrogens is 1. The van der Waals surface area contributed by atoms with Crippen molar-refractivity contribution in [3.63, 3.8) is 0 Å². The number of Topliss-reactive ketones (excluding diaryl/α,β-unsaturated/α-hetero) is 1. The fourth-order valence-electron chi connectivity index (χ4n) is 4.55. The van der Waals surface area contributed by atoms with Crippen LogP contribution in [0.15, 0.2) is 60.7 Å². The number of halogens is 2. The second kappa shape index (κ2) is 9.16. The van der Waals surface area contributed by atoms with Crippen molar-refractivity contribution in [1.82, 2.24) is 10.3 Å². The van der Waals surface area contributed by atoms with Gasteiger partial charge in [-0.25, -0.2) is 13.8 Å². The Morgan fingerprint density at radius 2 is 1.82 bits per heavy atom. The highest BCUT2D eigenvalue weighted by molar-refractivity contribution is 6.05. The van der Waals surface area contributed by atoms with Crippen LogP contribution in [0.2, 0.25) is 0 Å². The van der Waals surface area contributed by atoms with Crippen molar-refractivity contribution in [2.45, 2.75) is 31.3 Å². The molecule has 1 aliphatic rings. The first-order valence-corrected chi connectivity index (χ1v) is 11.3. The van der Waals surface area contributed by atoms with Gasteiger partial charge in [-0.1, -0.05) is 42.8 Å². The number of nitrogens with zero attached hydrogens (tertiary/aromatic N) is 2. The zero-order valence-electron chi connectivity index (χ0n) is 18.3. The van der Waals surface area contributed by atoms with E-state index in [0.717, 1.165) is 48.7 Å². The summed E-state index contributed by atoms with van der Waals surface area (Å²) in [6.07, 6.45) is 2.78. The standard InChI is InChI=1S/C27H22F2N4O/c28-21-13-19-12-20(15-30)27(32-24(19)14-22(21)29)33-25(23-7-3-4-10-31-23)26(34)18-9-8-16-5-1-2-6-17(16)11-18/h1-2,5-6,8-9,11-14,23,25,31H,3-4,7,10H2,(H,32,33)/t23?,25-/m0/s1. The molecular formula is C27H22F2N4O. The lowest BCUT2D eigenvalue weighted by atomic mass is 9.91. The van der Waals surface area contributed by atoms with E-state index in [1.54, 1.807) is 6.07 Å². The number of hydrogen-bond donors (Lipinski definition) is 2. The second-order valence-corrected chi connectivity index (χ2v) is 8.56. The highest BCUT2D eigenvalue weighted by Gasteiger charge is 2.31. The Morgan fingerprint density at radius 3 is 2.59 bits per heavy atom. The van der Waals surface area contributed by atoms with E-state index in [1.807, 2.05) is 36.4 Å². The van der Waals surface area contributed by atoms with E-state index >= 15 is 0 Å². The van der Waals surface area contributed by atoms with E-state index in [1.165, 1.54) is 6.07 Å². The number of benzene rings is 3. The van der Waals surface area contributed by atoms with Gasteiger partial charge in [0.2, 0.25) is 0 Å². The zero-order valence-corrected chi connectivity index (χ0v) is 18.3. The Morgan fingerprint density at radius 1 is 1.03 bits per heavy atom. The molecular weight excluding hydrogens is 434 g/mol. The van der Waals surface area contributed by atoms with Gasteiger partial charge in [0, 0.05) is 23.1 Å². The van der Waals surface area contributed by atoms with E-state index < -0.39 is 17.7 Å². The van der Waals surface area contributed by atoms with Crippen LogP contribution in [0.1, 0.15) is 35.2 Å². The number of ketones is 1. The van der Waals surface area contributed by atoms with Gasteiger partial charge in [-0.3, -0.25) is 4.79 Å². The first-order chi connectivity index (χ1) is 16.5. The first-order valence-electron chi connectivity index (χ1n) is 11.3. The minimum Gasteiger partial charge on any atom is -0.357 e. The quantitative estimate of drug-likeness (QED) is 0.396. The monoisotopic (exact) mass is 456 g/mol. The molecule has 1 fully saturated rings. The van der Waals surface area contributed by atoms with Crippen LogP contribution < -0.4 is 10.6 Å².